The molecule has 7 heteroatoms. The highest BCUT2D eigenvalue weighted by molar-refractivity contribution is 5.89. The molecule has 2 N–H and O–H groups in total. The van der Waals surface area contributed by atoms with Crippen LogP contribution in [0.3, 0.4) is 0 Å². The molecular weight excluding hydrogens is 390 g/mol. The van der Waals surface area contributed by atoms with E-state index >= 15 is 0 Å². The largest absolute Gasteiger partial charge is 0.457 e. The van der Waals surface area contributed by atoms with Crippen molar-refractivity contribution in [3.63, 3.8) is 0 Å². The lowest BCUT2D eigenvalue weighted by molar-refractivity contribution is 0.0472. The van der Waals surface area contributed by atoms with Gasteiger partial charge in [0.05, 0.1) is 11.3 Å². The van der Waals surface area contributed by atoms with E-state index in [-0.39, 0.29) is 12.6 Å². The van der Waals surface area contributed by atoms with Crippen molar-refractivity contribution in [2.45, 2.75) is 33.5 Å². The Bertz CT molecular complexity index is 1060. The Hall–Kier alpha value is -3.61. The molecule has 0 amide bonds. The topological polar surface area (TPSA) is 80.5 Å². The molecule has 3 rings (SSSR count). The molecule has 0 aliphatic heterocycles. The molecule has 1 aromatic heterocycles. The third-order valence-electron chi connectivity index (χ3n) is 5.15. The molecule has 0 aliphatic rings. The molecule has 0 unspecified atom stereocenters. The van der Waals surface area contributed by atoms with Crippen LogP contribution in [0.15, 0.2) is 59.6 Å². The number of guanidine groups is 1. The van der Waals surface area contributed by atoms with Crippen LogP contribution in [0.4, 0.5) is 0 Å². The van der Waals surface area contributed by atoms with E-state index in [0.717, 1.165) is 28.1 Å². The van der Waals surface area contributed by atoms with Gasteiger partial charge in [0, 0.05) is 38.4 Å². The summed E-state index contributed by atoms with van der Waals surface area (Å²) in [7, 11) is 3.67. The molecule has 162 valence electrons. The zero-order valence-corrected chi connectivity index (χ0v) is 18.5. The Labute approximate surface area is 183 Å². The fourth-order valence-electron chi connectivity index (χ4n) is 3.27. The van der Waals surface area contributed by atoms with Gasteiger partial charge < -0.3 is 15.4 Å². The highest BCUT2D eigenvalue weighted by Crippen LogP contribution is 2.12. The number of aryl methyl sites for hydroxylation is 2. The van der Waals surface area contributed by atoms with Crippen molar-refractivity contribution < 1.29 is 9.53 Å². The average Bonchev–Trinajstić information content (AvgIpc) is 3.04. The maximum absolute atomic E-state index is 12.4. The number of hydrogen-bond acceptors (Lipinski definition) is 4. The van der Waals surface area contributed by atoms with Gasteiger partial charge in [0.25, 0.3) is 0 Å². The van der Waals surface area contributed by atoms with Crippen LogP contribution in [0, 0.1) is 13.8 Å². The van der Waals surface area contributed by atoms with Gasteiger partial charge in [0.15, 0.2) is 5.96 Å². The molecule has 31 heavy (non-hydrogen) atoms. The number of aromatic nitrogens is 2. The number of aliphatic imine (C=N–C) groups is 1. The number of nitrogens with zero attached hydrogens (tertiary/aromatic N) is 3. The molecule has 0 radical (unpaired) electrons. The summed E-state index contributed by atoms with van der Waals surface area (Å²) in [6, 6.07) is 17.1. The van der Waals surface area contributed by atoms with Gasteiger partial charge in [-0.1, -0.05) is 42.5 Å². The van der Waals surface area contributed by atoms with Crippen molar-refractivity contribution in [2.75, 3.05) is 7.05 Å². The van der Waals surface area contributed by atoms with Crippen molar-refractivity contribution in [1.29, 1.82) is 0 Å². The van der Waals surface area contributed by atoms with E-state index in [2.05, 4.69) is 27.6 Å². The second kappa shape index (κ2) is 10.4. The van der Waals surface area contributed by atoms with Crippen LogP contribution in [0.25, 0.3) is 0 Å². The Kier molecular flexibility index (Phi) is 7.43. The Morgan fingerprint density at radius 3 is 2.42 bits per heavy atom. The van der Waals surface area contributed by atoms with Gasteiger partial charge in [-0.05, 0) is 37.1 Å². The van der Waals surface area contributed by atoms with Gasteiger partial charge in [-0.25, -0.2) is 4.79 Å². The minimum absolute atomic E-state index is 0.256. The smallest absolute Gasteiger partial charge is 0.338 e. The Morgan fingerprint density at radius 1 is 1.03 bits per heavy atom. The molecular formula is C24H29N5O2. The van der Waals surface area contributed by atoms with Gasteiger partial charge in [-0.15, -0.1) is 0 Å². The number of carbonyl (C=O) groups excluding carboxylic acids is 1. The first-order valence-electron chi connectivity index (χ1n) is 10.2. The lowest BCUT2D eigenvalue weighted by Crippen LogP contribution is -2.36. The van der Waals surface area contributed by atoms with Crippen molar-refractivity contribution >= 4 is 11.9 Å². The van der Waals surface area contributed by atoms with Crippen LogP contribution in [-0.4, -0.2) is 28.8 Å². The first-order valence-corrected chi connectivity index (χ1v) is 10.2. The third kappa shape index (κ3) is 5.94. The highest BCUT2D eigenvalue weighted by atomic mass is 16.5. The van der Waals surface area contributed by atoms with Crippen molar-refractivity contribution in [3.8, 4) is 0 Å². The van der Waals surface area contributed by atoms with Crippen molar-refractivity contribution in [3.05, 3.63) is 88.2 Å². The fourth-order valence-corrected chi connectivity index (χ4v) is 3.27. The quantitative estimate of drug-likeness (QED) is 0.349. The minimum atomic E-state index is -0.337. The maximum atomic E-state index is 12.4. The second-order valence-electron chi connectivity index (χ2n) is 7.31. The van der Waals surface area contributed by atoms with Gasteiger partial charge in [0.2, 0.25) is 0 Å². The van der Waals surface area contributed by atoms with Gasteiger partial charge in [-0.2, -0.15) is 5.10 Å². The number of hydrogen-bond donors (Lipinski definition) is 2. The lowest BCUT2D eigenvalue weighted by atomic mass is 10.1. The van der Waals surface area contributed by atoms with Gasteiger partial charge in [-0.3, -0.25) is 9.67 Å². The molecule has 0 spiro atoms. The summed E-state index contributed by atoms with van der Waals surface area (Å²) in [4.78, 5) is 16.7. The molecule has 3 aromatic rings. The molecule has 7 nitrogen and oxygen atoms in total. The van der Waals surface area contributed by atoms with E-state index < -0.39 is 0 Å². The summed E-state index contributed by atoms with van der Waals surface area (Å²) in [6.45, 7) is 5.48. The summed E-state index contributed by atoms with van der Waals surface area (Å²) >= 11 is 0. The number of esters is 1. The number of rotatable bonds is 7. The van der Waals surface area contributed by atoms with Crippen LogP contribution in [0.5, 0.6) is 0 Å². The van der Waals surface area contributed by atoms with E-state index in [0.29, 0.717) is 24.6 Å². The third-order valence-corrected chi connectivity index (χ3v) is 5.15. The zero-order valence-electron chi connectivity index (χ0n) is 18.5. The van der Waals surface area contributed by atoms with E-state index in [4.69, 9.17) is 4.74 Å². The lowest BCUT2D eigenvalue weighted by Gasteiger charge is -2.13. The molecule has 0 saturated carbocycles. The summed E-state index contributed by atoms with van der Waals surface area (Å²) in [6.07, 6.45) is 0. The number of benzene rings is 2. The van der Waals surface area contributed by atoms with Crippen LogP contribution < -0.4 is 10.6 Å². The van der Waals surface area contributed by atoms with E-state index in [9.17, 15) is 4.79 Å². The van der Waals surface area contributed by atoms with Crippen molar-refractivity contribution in [2.24, 2.45) is 12.0 Å². The predicted octanol–water partition coefficient (Wildman–Crippen LogP) is 3.26. The first kappa shape index (κ1) is 22.1. The summed E-state index contributed by atoms with van der Waals surface area (Å²) in [5.41, 5.74) is 5.74. The normalized spacial score (nSPS) is 11.3. The van der Waals surface area contributed by atoms with Crippen LogP contribution in [0.1, 0.15) is 38.4 Å². The molecule has 1 heterocycles. The maximum Gasteiger partial charge on any atom is 0.338 e. The van der Waals surface area contributed by atoms with Crippen LogP contribution in [-0.2, 0) is 31.5 Å². The van der Waals surface area contributed by atoms with E-state index in [1.165, 1.54) is 0 Å². The predicted molar refractivity (Wildman–Crippen MR) is 122 cm³/mol. The average molecular weight is 420 g/mol. The van der Waals surface area contributed by atoms with Crippen LogP contribution in [0.2, 0.25) is 0 Å². The highest BCUT2D eigenvalue weighted by Gasteiger charge is 2.11. The SMILES string of the molecule is CN=C(NCc1cccc(C(=O)OCc2ccccc2)c1)NCc1c(C)nn(C)c1C. The second-order valence-corrected chi connectivity index (χ2v) is 7.31. The van der Waals surface area contributed by atoms with Crippen molar-refractivity contribution in [1.82, 2.24) is 20.4 Å². The van der Waals surface area contributed by atoms with Gasteiger partial charge >= 0.3 is 5.97 Å². The summed E-state index contributed by atoms with van der Waals surface area (Å²) in [5, 5.41) is 11.0. The van der Waals surface area contributed by atoms with Crippen LogP contribution >= 0.6 is 0 Å². The molecule has 0 fully saturated rings. The molecule has 0 bridgehead atoms. The fraction of sp³-hybridized carbons (Fsp3) is 0.292. The molecule has 2 aromatic carbocycles. The zero-order chi connectivity index (χ0) is 22.2. The van der Waals surface area contributed by atoms with E-state index in [1.807, 2.05) is 67.2 Å². The number of nitrogens with one attached hydrogen (secondary N) is 2. The Balaban J connectivity index is 1.54. The molecule has 0 saturated heterocycles. The number of carbonyl (C=O) groups is 1. The molecule has 0 atom stereocenters. The monoisotopic (exact) mass is 419 g/mol. The standard InChI is InChI=1S/C24H29N5O2/c1-17-22(18(2)29(4)28-17)15-27-24(25-3)26-14-20-11-8-12-21(13-20)23(30)31-16-19-9-6-5-7-10-19/h5-13H,14-16H2,1-4H3,(H2,25,26,27). The first-order chi connectivity index (χ1) is 15.0. The number of ether oxygens (including phenoxy) is 1. The summed E-state index contributed by atoms with van der Waals surface area (Å²) < 4.78 is 7.30. The molecule has 0 aliphatic carbocycles. The van der Waals surface area contributed by atoms with E-state index in [1.54, 1.807) is 13.1 Å². The summed E-state index contributed by atoms with van der Waals surface area (Å²) in [5.74, 6) is 0.343. The minimum Gasteiger partial charge on any atom is -0.457 e. The van der Waals surface area contributed by atoms with Gasteiger partial charge in [0.1, 0.15) is 6.61 Å². The Morgan fingerprint density at radius 2 is 1.74 bits per heavy atom.